The van der Waals surface area contributed by atoms with Crippen LogP contribution in [0.2, 0.25) is 0 Å². The summed E-state index contributed by atoms with van der Waals surface area (Å²) in [5.41, 5.74) is 4.01. The van der Waals surface area contributed by atoms with Gasteiger partial charge in [-0.3, -0.25) is 19.2 Å². The molecular weight excluding hydrogens is 440 g/mol. The lowest BCUT2D eigenvalue weighted by molar-refractivity contribution is -0.160. The summed E-state index contributed by atoms with van der Waals surface area (Å²) in [6.07, 6.45) is 0.888. The minimum absolute atomic E-state index is 0.333. The standard InChI is InChI=1S/C30H38O5/c1-19(2)15-23-7-11-25(12-8-23)21(5)27(31)17-29(33)35-30(34)18-28(32)22(6)26-13-9-24(10-14-26)16-20(3)4/h7-14,19-22H,15-18H2,1-6H3. The van der Waals surface area contributed by atoms with Gasteiger partial charge in [-0.05, 0) is 46.9 Å². The van der Waals surface area contributed by atoms with Gasteiger partial charge >= 0.3 is 11.9 Å². The van der Waals surface area contributed by atoms with Crippen LogP contribution in [0.25, 0.3) is 0 Å². The van der Waals surface area contributed by atoms with Crippen molar-refractivity contribution < 1.29 is 23.9 Å². The second-order valence-electron chi connectivity index (χ2n) is 10.3. The van der Waals surface area contributed by atoms with Crippen molar-refractivity contribution in [3.05, 3.63) is 70.8 Å². The SMILES string of the molecule is CC(C)Cc1ccc(C(C)C(=O)CC(=O)OC(=O)CC(=O)C(C)c2ccc(CC(C)C)cc2)cc1. The predicted octanol–water partition coefficient (Wildman–Crippen LogP) is 5.98. The maximum Gasteiger partial charge on any atom is 0.320 e. The quantitative estimate of drug-likeness (QED) is 0.277. The van der Waals surface area contributed by atoms with Crippen LogP contribution < -0.4 is 0 Å². The molecule has 0 fully saturated rings. The number of benzene rings is 2. The topological polar surface area (TPSA) is 77.5 Å². The summed E-state index contributed by atoms with van der Waals surface area (Å²) in [4.78, 5) is 49.4. The van der Waals surface area contributed by atoms with E-state index >= 15 is 0 Å². The lowest BCUT2D eigenvalue weighted by Gasteiger charge is -2.13. The van der Waals surface area contributed by atoms with Crippen molar-refractivity contribution in [1.82, 2.24) is 0 Å². The van der Waals surface area contributed by atoms with Gasteiger partial charge in [0.05, 0.1) is 0 Å². The van der Waals surface area contributed by atoms with E-state index in [1.165, 1.54) is 11.1 Å². The number of ether oxygens (including phenoxy) is 1. The Morgan fingerprint density at radius 1 is 0.571 bits per heavy atom. The smallest absolute Gasteiger partial charge is 0.320 e. The molecule has 35 heavy (non-hydrogen) atoms. The molecule has 0 radical (unpaired) electrons. The van der Waals surface area contributed by atoms with Crippen molar-refractivity contribution in [2.75, 3.05) is 0 Å². The molecule has 5 heteroatoms. The fourth-order valence-corrected chi connectivity index (χ4v) is 3.99. The number of hydrogen-bond acceptors (Lipinski definition) is 5. The number of esters is 2. The van der Waals surface area contributed by atoms with E-state index in [1.807, 2.05) is 48.5 Å². The van der Waals surface area contributed by atoms with Crippen LogP contribution in [0, 0.1) is 11.8 Å². The number of rotatable bonds is 12. The fraction of sp³-hybridized carbons (Fsp3) is 0.467. The van der Waals surface area contributed by atoms with E-state index in [1.54, 1.807) is 13.8 Å². The highest BCUT2D eigenvalue weighted by atomic mass is 16.6. The van der Waals surface area contributed by atoms with E-state index in [0.29, 0.717) is 11.8 Å². The van der Waals surface area contributed by atoms with E-state index in [9.17, 15) is 19.2 Å². The maximum atomic E-state index is 12.5. The number of Topliss-reactive ketones (excluding diaryl/α,β-unsaturated/α-hetero) is 2. The van der Waals surface area contributed by atoms with Gasteiger partial charge in [0.25, 0.3) is 0 Å². The van der Waals surface area contributed by atoms with Crippen molar-refractivity contribution in [2.45, 2.75) is 79.1 Å². The normalized spacial score (nSPS) is 12.9. The van der Waals surface area contributed by atoms with Gasteiger partial charge in [0, 0.05) is 11.8 Å². The van der Waals surface area contributed by atoms with Gasteiger partial charge < -0.3 is 4.74 Å². The third-order valence-corrected chi connectivity index (χ3v) is 6.08. The number of carbonyl (C=O) groups is 4. The number of hydrogen-bond donors (Lipinski definition) is 0. The average Bonchev–Trinajstić information content (AvgIpc) is 2.78. The zero-order valence-corrected chi connectivity index (χ0v) is 21.8. The highest BCUT2D eigenvalue weighted by Crippen LogP contribution is 2.21. The lowest BCUT2D eigenvalue weighted by Crippen LogP contribution is -2.22. The first-order valence-electron chi connectivity index (χ1n) is 12.4. The second kappa shape index (κ2) is 13.1. The number of carbonyl (C=O) groups excluding carboxylic acids is 4. The van der Waals surface area contributed by atoms with Crippen LogP contribution in [0.3, 0.4) is 0 Å². The van der Waals surface area contributed by atoms with Crippen molar-refractivity contribution in [3.8, 4) is 0 Å². The van der Waals surface area contributed by atoms with E-state index in [0.717, 1.165) is 24.0 Å². The largest absolute Gasteiger partial charge is 0.392 e. The van der Waals surface area contributed by atoms with Crippen LogP contribution in [0.5, 0.6) is 0 Å². The Morgan fingerprint density at radius 3 is 1.17 bits per heavy atom. The molecule has 0 aromatic heterocycles. The zero-order chi connectivity index (χ0) is 26.1. The van der Waals surface area contributed by atoms with Crippen molar-refractivity contribution in [2.24, 2.45) is 11.8 Å². The molecule has 2 aromatic rings. The molecule has 0 aliphatic rings. The van der Waals surface area contributed by atoms with Gasteiger partial charge in [0.2, 0.25) is 0 Å². The minimum atomic E-state index is -0.929. The minimum Gasteiger partial charge on any atom is -0.392 e. The van der Waals surface area contributed by atoms with Crippen LogP contribution in [-0.2, 0) is 36.8 Å². The fourth-order valence-electron chi connectivity index (χ4n) is 3.99. The molecule has 0 bridgehead atoms. The Hall–Kier alpha value is -3.08. The van der Waals surface area contributed by atoms with Crippen LogP contribution in [0.1, 0.15) is 88.5 Å². The summed E-state index contributed by atoms with van der Waals surface area (Å²) in [6.45, 7) is 12.0. The summed E-state index contributed by atoms with van der Waals surface area (Å²) in [6, 6.07) is 15.5. The molecule has 0 amide bonds. The lowest BCUT2D eigenvalue weighted by atomic mass is 9.92. The highest BCUT2D eigenvalue weighted by molar-refractivity contribution is 6.05. The molecule has 2 unspecified atom stereocenters. The Bertz CT molecular complexity index is 932. The predicted molar refractivity (Wildman–Crippen MR) is 137 cm³/mol. The summed E-state index contributed by atoms with van der Waals surface area (Å²) in [7, 11) is 0. The Balaban J connectivity index is 1.84. The first kappa shape index (κ1) is 28.2. The van der Waals surface area contributed by atoms with E-state index < -0.39 is 36.6 Å². The molecule has 2 aromatic carbocycles. The first-order valence-corrected chi connectivity index (χ1v) is 12.4. The van der Waals surface area contributed by atoms with Crippen LogP contribution in [0.4, 0.5) is 0 Å². The van der Waals surface area contributed by atoms with Crippen molar-refractivity contribution in [1.29, 1.82) is 0 Å². The van der Waals surface area contributed by atoms with Crippen LogP contribution >= 0.6 is 0 Å². The Morgan fingerprint density at radius 2 is 0.886 bits per heavy atom. The summed E-state index contributed by atoms with van der Waals surface area (Å²) >= 11 is 0. The second-order valence-corrected chi connectivity index (χ2v) is 10.3. The van der Waals surface area contributed by atoms with Gasteiger partial charge in [-0.1, -0.05) is 90.1 Å². The third-order valence-electron chi connectivity index (χ3n) is 6.08. The van der Waals surface area contributed by atoms with Gasteiger partial charge in [-0.25, -0.2) is 0 Å². The highest BCUT2D eigenvalue weighted by Gasteiger charge is 2.24. The Kier molecular flexibility index (Phi) is 10.6. The molecule has 0 N–H and O–H groups in total. The van der Waals surface area contributed by atoms with Crippen molar-refractivity contribution in [3.63, 3.8) is 0 Å². The molecule has 188 valence electrons. The molecule has 2 atom stereocenters. The Labute approximate surface area is 209 Å². The monoisotopic (exact) mass is 478 g/mol. The zero-order valence-electron chi connectivity index (χ0n) is 21.8. The molecule has 0 spiro atoms. The van der Waals surface area contributed by atoms with Crippen LogP contribution in [-0.4, -0.2) is 23.5 Å². The van der Waals surface area contributed by atoms with Crippen molar-refractivity contribution >= 4 is 23.5 Å². The molecule has 0 heterocycles. The summed E-state index contributed by atoms with van der Waals surface area (Å²) in [5.74, 6) is -2.43. The van der Waals surface area contributed by atoms with E-state index in [-0.39, 0.29) is 11.6 Å². The third kappa shape index (κ3) is 9.23. The maximum absolute atomic E-state index is 12.5. The summed E-state index contributed by atoms with van der Waals surface area (Å²) < 4.78 is 4.77. The number of ketones is 2. The molecule has 0 saturated carbocycles. The molecule has 5 nitrogen and oxygen atoms in total. The van der Waals surface area contributed by atoms with Gasteiger partial charge in [-0.15, -0.1) is 0 Å². The van der Waals surface area contributed by atoms with Gasteiger partial charge in [0.15, 0.2) is 11.6 Å². The molecule has 2 rings (SSSR count). The molecule has 0 aliphatic heterocycles. The molecule has 0 saturated heterocycles. The van der Waals surface area contributed by atoms with Gasteiger partial charge in [-0.2, -0.15) is 0 Å². The molecule has 0 aliphatic carbocycles. The van der Waals surface area contributed by atoms with Gasteiger partial charge in [0.1, 0.15) is 12.8 Å². The first-order chi connectivity index (χ1) is 16.5. The summed E-state index contributed by atoms with van der Waals surface area (Å²) in [5, 5.41) is 0. The molecular formula is C30H38O5. The average molecular weight is 479 g/mol. The van der Waals surface area contributed by atoms with E-state index in [4.69, 9.17) is 4.74 Å². The van der Waals surface area contributed by atoms with E-state index in [2.05, 4.69) is 27.7 Å². The van der Waals surface area contributed by atoms with Crippen LogP contribution in [0.15, 0.2) is 48.5 Å².